The van der Waals surface area contributed by atoms with Crippen molar-refractivity contribution in [1.82, 2.24) is 0 Å². The summed E-state index contributed by atoms with van der Waals surface area (Å²) >= 11 is 5.83. The van der Waals surface area contributed by atoms with Crippen LogP contribution in [-0.2, 0) is 6.42 Å². The first-order valence-corrected chi connectivity index (χ1v) is 4.35. The number of rotatable bonds is 3. The highest BCUT2D eigenvalue weighted by molar-refractivity contribution is 6.31. The fraction of sp³-hybridized carbons (Fsp3) is 0.333. The van der Waals surface area contributed by atoms with Crippen molar-refractivity contribution in [3.8, 4) is 5.75 Å². The molecule has 1 aromatic carbocycles. The van der Waals surface area contributed by atoms with Gasteiger partial charge in [0, 0.05) is 11.1 Å². The second-order valence-corrected chi connectivity index (χ2v) is 3.33. The summed E-state index contributed by atoms with van der Waals surface area (Å²) in [5.41, 5.74) is 6.38. The molecule has 0 amide bonds. The third kappa shape index (κ3) is 2.88. The van der Waals surface area contributed by atoms with E-state index < -0.39 is 0 Å². The molecule has 0 spiro atoms. The number of nitrogens with two attached hydrogens (primary N) is 1. The van der Waals surface area contributed by atoms with Crippen LogP contribution in [0.15, 0.2) is 18.2 Å². The van der Waals surface area contributed by atoms with Crippen molar-refractivity contribution in [1.29, 1.82) is 0 Å². The maximum atomic E-state index is 9.06. The molecule has 4 heteroatoms. The Hall–Kier alpha value is -0.770. The normalized spacial score (nSPS) is 12.8. The van der Waals surface area contributed by atoms with Gasteiger partial charge in [-0.15, -0.1) is 0 Å². The Morgan fingerprint density at radius 2 is 2.15 bits per heavy atom. The summed E-state index contributed by atoms with van der Waals surface area (Å²) in [7, 11) is 0. The van der Waals surface area contributed by atoms with Crippen LogP contribution in [-0.4, -0.2) is 22.9 Å². The predicted molar refractivity (Wildman–Crippen MR) is 51.9 cm³/mol. The second-order valence-electron chi connectivity index (χ2n) is 2.92. The van der Waals surface area contributed by atoms with Crippen molar-refractivity contribution in [3.05, 3.63) is 28.8 Å². The molecule has 0 radical (unpaired) electrons. The Morgan fingerprint density at radius 3 is 2.69 bits per heavy atom. The fourth-order valence-corrected chi connectivity index (χ4v) is 1.30. The average Bonchev–Trinajstić information content (AvgIpc) is 2.09. The summed E-state index contributed by atoms with van der Waals surface area (Å²) in [6.45, 7) is -0.0722. The number of aromatic hydroxyl groups is 1. The number of benzene rings is 1. The van der Waals surface area contributed by atoms with Crippen molar-refractivity contribution < 1.29 is 10.2 Å². The van der Waals surface area contributed by atoms with Crippen LogP contribution >= 0.6 is 11.6 Å². The number of aliphatic hydroxyl groups excluding tert-OH is 1. The number of aliphatic hydroxyl groups is 1. The molecule has 72 valence electrons. The lowest BCUT2D eigenvalue weighted by molar-refractivity contribution is 0.265. The van der Waals surface area contributed by atoms with E-state index in [2.05, 4.69) is 0 Å². The van der Waals surface area contributed by atoms with Crippen LogP contribution in [0.2, 0.25) is 5.02 Å². The van der Waals surface area contributed by atoms with Crippen LogP contribution in [0, 0.1) is 0 Å². The molecular weight excluding hydrogens is 190 g/mol. The third-order valence-corrected chi connectivity index (χ3v) is 2.11. The van der Waals surface area contributed by atoms with Crippen molar-refractivity contribution in [2.24, 2.45) is 5.73 Å². The van der Waals surface area contributed by atoms with E-state index in [4.69, 9.17) is 27.5 Å². The van der Waals surface area contributed by atoms with Crippen LogP contribution < -0.4 is 5.73 Å². The Kier molecular flexibility index (Phi) is 3.54. The highest BCUT2D eigenvalue weighted by Gasteiger charge is 2.06. The molecule has 0 saturated carbocycles. The highest BCUT2D eigenvalue weighted by Crippen LogP contribution is 2.22. The molecule has 0 aliphatic rings. The van der Waals surface area contributed by atoms with Crippen LogP contribution in [0.5, 0.6) is 5.75 Å². The third-order valence-electron chi connectivity index (χ3n) is 1.75. The van der Waals surface area contributed by atoms with E-state index >= 15 is 0 Å². The molecule has 13 heavy (non-hydrogen) atoms. The van der Waals surface area contributed by atoms with Gasteiger partial charge in [0.25, 0.3) is 0 Å². The molecule has 0 aromatic heterocycles. The van der Waals surface area contributed by atoms with E-state index in [1.54, 1.807) is 12.1 Å². The first-order valence-electron chi connectivity index (χ1n) is 3.97. The van der Waals surface area contributed by atoms with Crippen molar-refractivity contribution in [2.45, 2.75) is 12.5 Å². The molecule has 0 heterocycles. The van der Waals surface area contributed by atoms with Gasteiger partial charge in [-0.1, -0.05) is 17.7 Å². The lowest BCUT2D eigenvalue weighted by Gasteiger charge is -2.09. The van der Waals surface area contributed by atoms with Crippen LogP contribution in [0.4, 0.5) is 0 Å². The van der Waals surface area contributed by atoms with E-state index in [1.807, 2.05) is 0 Å². The minimum atomic E-state index is -0.304. The molecular formula is C9H12ClNO2. The molecule has 0 aliphatic carbocycles. The van der Waals surface area contributed by atoms with Gasteiger partial charge in [0.05, 0.1) is 6.61 Å². The van der Waals surface area contributed by atoms with E-state index in [9.17, 15) is 0 Å². The van der Waals surface area contributed by atoms with E-state index in [1.165, 1.54) is 6.07 Å². The van der Waals surface area contributed by atoms with Crippen molar-refractivity contribution >= 4 is 11.6 Å². The summed E-state index contributed by atoms with van der Waals surface area (Å²) in [4.78, 5) is 0. The average molecular weight is 202 g/mol. The van der Waals surface area contributed by atoms with Gasteiger partial charge < -0.3 is 15.9 Å². The maximum Gasteiger partial charge on any atom is 0.117 e. The van der Waals surface area contributed by atoms with Gasteiger partial charge in [-0.05, 0) is 24.1 Å². The zero-order valence-corrected chi connectivity index (χ0v) is 7.83. The first-order chi connectivity index (χ1) is 6.13. The summed E-state index contributed by atoms with van der Waals surface area (Å²) in [5, 5.41) is 18.3. The number of hydrogen-bond acceptors (Lipinski definition) is 3. The zero-order valence-electron chi connectivity index (χ0n) is 7.07. The minimum Gasteiger partial charge on any atom is -0.508 e. The van der Waals surface area contributed by atoms with E-state index in [0.29, 0.717) is 11.4 Å². The molecule has 1 unspecified atom stereocenters. The Bertz CT molecular complexity index is 291. The lowest BCUT2D eigenvalue weighted by atomic mass is 10.1. The summed E-state index contributed by atoms with van der Waals surface area (Å²) < 4.78 is 0. The molecule has 0 saturated heterocycles. The molecule has 1 aromatic rings. The number of halogens is 1. The molecule has 4 N–H and O–H groups in total. The van der Waals surface area contributed by atoms with Gasteiger partial charge in [0.15, 0.2) is 0 Å². The van der Waals surface area contributed by atoms with E-state index in [-0.39, 0.29) is 18.4 Å². The molecule has 1 atom stereocenters. The van der Waals surface area contributed by atoms with Crippen LogP contribution in [0.3, 0.4) is 0 Å². The monoisotopic (exact) mass is 201 g/mol. The zero-order chi connectivity index (χ0) is 9.84. The smallest absolute Gasteiger partial charge is 0.117 e. The number of hydrogen-bond donors (Lipinski definition) is 3. The summed E-state index contributed by atoms with van der Waals surface area (Å²) in [6, 6.07) is 4.40. The molecule has 0 aliphatic heterocycles. The quantitative estimate of drug-likeness (QED) is 0.681. The SMILES string of the molecule is NC(CO)Cc1ccc(O)cc1Cl. The van der Waals surface area contributed by atoms with Gasteiger partial charge in [0.1, 0.15) is 5.75 Å². The summed E-state index contributed by atoms with van der Waals surface area (Å²) in [5.74, 6) is 0.131. The van der Waals surface area contributed by atoms with Gasteiger partial charge in [-0.25, -0.2) is 0 Å². The van der Waals surface area contributed by atoms with Crippen LogP contribution in [0.25, 0.3) is 0 Å². The Labute approximate surface area is 81.8 Å². The summed E-state index contributed by atoms with van der Waals surface area (Å²) in [6.07, 6.45) is 0.510. The minimum absolute atomic E-state index is 0.0722. The number of phenolic OH excluding ortho intramolecular Hbond substituents is 1. The second kappa shape index (κ2) is 4.46. The van der Waals surface area contributed by atoms with Gasteiger partial charge in [-0.3, -0.25) is 0 Å². The Balaban J connectivity index is 2.77. The standard InChI is InChI=1S/C9H12ClNO2/c10-9-4-8(13)2-1-6(9)3-7(11)5-12/h1-2,4,7,12-13H,3,5,11H2. The molecule has 0 fully saturated rings. The fourth-order valence-electron chi connectivity index (χ4n) is 1.05. The maximum absolute atomic E-state index is 9.06. The first kappa shape index (κ1) is 10.3. The topological polar surface area (TPSA) is 66.5 Å². The lowest BCUT2D eigenvalue weighted by Crippen LogP contribution is -2.26. The Morgan fingerprint density at radius 1 is 1.46 bits per heavy atom. The molecule has 3 nitrogen and oxygen atoms in total. The van der Waals surface area contributed by atoms with Crippen molar-refractivity contribution in [3.63, 3.8) is 0 Å². The van der Waals surface area contributed by atoms with E-state index in [0.717, 1.165) is 5.56 Å². The van der Waals surface area contributed by atoms with Gasteiger partial charge >= 0.3 is 0 Å². The largest absolute Gasteiger partial charge is 0.508 e. The highest BCUT2D eigenvalue weighted by atomic mass is 35.5. The van der Waals surface area contributed by atoms with Crippen molar-refractivity contribution in [2.75, 3.05) is 6.61 Å². The number of phenols is 1. The predicted octanol–water partition coefficient (Wildman–Crippen LogP) is 0.908. The van der Waals surface area contributed by atoms with Gasteiger partial charge in [0.2, 0.25) is 0 Å². The van der Waals surface area contributed by atoms with Gasteiger partial charge in [-0.2, -0.15) is 0 Å². The van der Waals surface area contributed by atoms with Crippen LogP contribution in [0.1, 0.15) is 5.56 Å². The molecule has 1 rings (SSSR count). The molecule has 0 bridgehead atoms.